The average molecular weight is 397 g/mol. The quantitative estimate of drug-likeness (QED) is 0.427. The molecule has 3 aromatic rings. The minimum absolute atomic E-state index is 0.142. The fourth-order valence-electron chi connectivity index (χ4n) is 3.81. The molecule has 3 nitrogen and oxygen atoms in total. The largest absolute Gasteiger partial charge is 0.361 e. The van der Waals surface area contributed by atoms with Crippen LogP contribution in [0.5, 0.6) is 0 Å². The first-order chi connectivity index (χ1) is 13.6. The molecular formula is C24H32N2OS. The van der Waals surface area contributed by atoms with Crippen LogP contribution in [0.15, 0.2) is 41.9 Å². The summed E-state index contributed by atoms with van der Waals surface area (Å²) in [6.45, 7) is 7.98. The topological polar surface area (TPSA) is 36.1 Å². The molecule has 4 heteroatoms. The highest BCUT2D eigenvalue weighted by Gasteiger charge is 2.23. The van der Waals surface area contributed by atoms with Crippen molar-refractivity contribution in [1.82, 2.24) is 9.88 Å². The number of rotatable bonds is 10. The number of carbonyl (C=O) groups is 1. The van der Waals surface area contributed by atoms with Gasteiger partial charge in [-0.3, -0.25) is 4.79 Å². The summed E-state index contributed by atoms with van der Waals surface area (Å²) in [7, 11) is 0. The van der Waals surface area contributed by atoms with Gasteiger partial charge in [0.05, 0.1) is 6.54 Å². The molecule has 1 N–H and O–H groups in total. The van der Waals surface area contributed by atoms with Gasteiger partial charge in [0.1, 0.15) is 0 Å². The number of nitrogens with zero attached hydrogens (tertiary/aromatic N) is 1. The molecule has 0 radical (unpaired) electrons. The van der Waals surface area contributed by atoms with E-state index in [1.807, 2.05) is 0 Å². The van der Waals surface area contributed by atoms with E-state index in [9.17, 15) is 4.79 Å². The van der Waals surface area contributed by atoms with Gasteiger partial charge in [0, 0.05) is 34.4 Å². The second-order valence-corrected chi connectivity index (χ2v) is 8.64. The molecular weight excluding hydrogens is 364 g/mol. The predicted octanol–water partition coefficient (Wildman–Crippen LogP) is 6.33. The summed E-state index contributed by atoms with van der Waals surface area (Å²) in [5, 5.41) is 3.39. The van der Waals surface area contributed by atoms with Gasteiger partial charge in [0.25, 0.3) is 0 Å². The fourth-order valence-corrected chi connectivity index (χ4v) is 4.73. The normalized spacial score (nSPS) is 12.4. The second kappa shape index (κ2) is 9.92. The van der Waals surface area contributed by atoms with E-state index in [1.165, 1.54) is 26.9 Å². The predicted molar refractivity (Wildman–Crippen MR) is 120 cm³/mol. The Hall–Kier alpha value is -2.07. The Bertz CT molecular complexity index is 895. The Morgan fingerprint density at radius 1 is 1.21 bits per heavy atom. The van der Waals surface area contributed by atoms with E-state index >= 15 is 0 Å². The van der Waals surface area contributed by atoms with Crippen LogP contribution in [0.4, 0.5) is 0 Å². The number of amides is 1. The first-order valence-electron chi connectivity index (χ1n) is 10.5. The standard InChI is InChI=1S/C24H32N2OS/c1-4-6-9-19(5-2)24(27)26(17-23-18(3)13-15-28-23)14-12-20-16-25-22-11-8-7-10-21(20)22/h7-8,10-11,13,15-16,19,25H,4-6,9,12,14,17H2,1-3H3. The lowest BCUT2D eigenvalue weighted by molar-refractivity contribution is -0.136. The van der Waals surface area contributed by atoms with Gasteiger partial charge in [-0.15, -0.1) is 11.3 Å². The Kier molecular flexibility index (Phi) is 7.32. The van der Waals surface area contributed by atoms with Crippen LogP contribution in [-0.2, 0) is 17.8 Å². The molecule has 0 aliphatic heterocycles. The number of para-hydroxylation sites is 1. The molecule has 3 rings (SSSR count). The summed E-state index contributed by atoms with van der Waals surface area (Å²) < 4.78 is 0. The summed E-state index contributed by atoms with van der Waals surface area (Å²) in [5.41, 5.74) is 3.74. The Labute approximate surface area is 172 Å². The highest BCUT2D eigenvalue weighted by molar-refractivity contribution is 7.10. The fraction of sp³-hybridized carbons (Fsp3) is 0.458. The zero-order valence-corrected chi connectivity index (χ0v) is 18.1. The maximum atomic E-state index is 13.4. The Morgan fingerprint density at radius 2 is 2.04 bits per heavy atom. The third kappa shape index (κ3) is 4.85. The first-order valence-corrected chi connectivity index (χ1v) is 11.4. The number of nitrogens with one attached hydrogen (secondary N) is 1. The third-order valence-corrected chi connectivity index (χ3v) is 6.70. The summed E-state index contributed by atoms with van der Waals surface area (Å²) in [4.78, 5) is 20.1. The molecule has 28 heavy (non-hydrogen) atoms. The first kappa shape index (κ1) is 20.7. The molecule has 1 unspecified atom stereocenters. The maximum absolute atomic E-state index is 13.4. The van der Waals surface area contributed by atoms with Crippen LogP contribution in [0.1, 0.15) is 55.5 Å². The zero-order valence-electron chi connectivity index (χ0n) is 17.3. The molecule has 0 saturated heterocycles. The van der Waals surface area contributed by atoms with Crippen LogP contribution in [0.25, 0.3) is 10.9 Å². The summed E-state index contributed by atoms with van der Waals surface area (Å²) in [5.74, 6) is 0.465. The van der Waals surface area contributed by atoms with Crippen LogP contribution in [0, 0.1) is 12.8 Å². The van der Waals surface area contributed by atoms with E-state index in [-0.39, 0.29) is 5.92 Å². The lowest BCUT2D eigenvalue weighted by atomic mass is 9.97. The van der Waals surface area contributed by atoms with Crippen molar-refractivity contribution in [2.75, 3.05) is 6.54 Å². The van der Waals surface area contributed by atoms with Crippen LogP contribution in [0.3, 0.4) is 0 Å². The second-order valence-electron chi connectivity index (χ2n) is 7.64. The number of hydrogen-bond donors (Lipinski definition) is 1. The highest BCUT2D eigenvalue weighted by atomic mass is 32.1. The van der Waals surface area contributed by atoms with Crippen LogP contribution < -0.4 is 0 Å². The number of H-pyrrole nitrogens is 1. The summed E-state index contributed by atoms with van der Waals surface area (Å²) >= 11 is 1.76. The number of aromatic amines is 1. The Balaban J connectivity index is 1.77. The molecule has 0 aliphatic carbocycles. The van der Waals surface area contributed by atoms with Gasteiger partial charge in [0.2, 0.25) is 5.91 Å². The smallest absolute Gasteiger partial charge is 0.226 e. The lowest BCUT2D eigenvalue weighted by Crippen LogP contribution is -2.37. The number of thiophene rings is 1. The minimum atomic E-state index is 0.142. The molecule has 0 spiro atoms. The molecule has 0 fully saturated rings. The Morgan fingerprint density at radius 3 is 2.75 bits per heavy atom. The lowest BCUT2D eigenvalue weighted by Gasteiger charge is -2.27. The molecule has 1 atom stereocenters. The molecule has 1 amide bonds. The van der Waals surface area contributed by atoms with Crippen LogP contribution in [-0.4, -0.2) is 22.3 Å². The monoisotopic (exact) mass is 396 g/mol. The molecule has 1 aromatic carbocycles. The maximum Gasteiger partial charge on any atom is 0.226 e. The van der Waals surface area contributed by atoms with Gasteiger partial charge in [-0.05, 0) is 54.8 Å². The summed E-state index contributed by atoms with van der Waals surface area (Å²) in [6.07, 6.45) is 7.16. The molecule has 0 bridgehead atoms. The number of hydrogen-bond acceptors (Lipinski definition) is 2. The SMILES string of the molecule is CCCCC(CC)C(=O)N(CCc1c[nH]c2ccccc12)Cc1sccc1C. The van der Waals surface area contributed by atoms with Crippen molar-refractivity contribution in [1.29, 1.82) is 0 Å². The minimum Gasteiger partial charge on any atom is -0.361 e. The van der Waals surface area contributed by atoms with Crippen LogP contribution in [0.2, 0.25) is 0 Å². The number of benzene rings is 1. The van der Waals surface area contributed by atoms with Gasteiger partial charge in [-0.25, -0.2) is 0 Å². The van der Waals surface area contributed by atoms with Gasteiger partial charge < -0.3 is 9.88 Å². The number of carbonyl (C=O) groups excluding carboxylic acids is 1. The highest BCUT2D eigenvalue weighted by Crippen LogP contribution is 2.24. The van der Waals surface area contributed by atoms with Crippen LogP contribution >= 0.6 is 11.3 Å². The number of aromatic nitrogens is 1. The van der Waals surface area contributed by atoms with Crippen molar-refractivity contribution in [3.8, 4) is 0 Å². The van der Waals surface area contributed by atoms with Crippen molar-refractivity contribution in [3.63, 3.8) is 0 Å². The van der Waals surface area contributed by atoms with Gasteiger partial charge in [0.15, 0.2) is 0 Å². The molecule has 0 saturated carbocycles. The molecule has 150 valence electrons. The van der Waals surface area contributed by atoms with Crippen molar-refractivity contribution < 1.29 is 4.79 Å². The average Bonchev–Trinajstić information content (AvgIpc) is 3.31. The van der Waals surface area contributed by atoms with Crippen molar-refractivity contribution in [2.45, 2.75) is 59.4 Å². The van der Waals surface area contributed by atoms with E-state index in [4.69, 9.17) is 0 Å². The van der Waals surface area contributed by atoms with E-state index in [1.54, 1.807) is 11.3 Å². The zero-order chi connectivity index (χ0) is 19.9. The van der Waals surface area contributed by atoms with E-state index in [0.717, 1.165) is 45.2 Å². The summed E-state index contributed by atoms with van der Waals surface area (Å²) in [6, 6.07) is 10.5. The van der Waals surface area contributed by atoms with E-state index < -0.39 is 0 Å². The van der Waals surface area contributed by atoms with Gasteiger partial charge >= 0.3 is 0 Å². The van der Waals surface area contributed by atoms with Crippen molar-refractivity contribution >= 4 is 28.1 Å². The van der Waals surface area contributed by atoms with E-state index in [2.05, 4.69) is 72.6 Å². The number of aryl methyl sites for hydroxylation is 1. The number of unbranched alkanes of at least 4 members (excludes halogenated alkanes) is 1. The van der Waals surface area contributed by atoms with Gasteiger partial charge in [-0.1, -0.05) is 44.9 Å². The molecule has 2 heterocycles. The van der Waals surface area contributed by atoms with Crippen molar-refractivity contribution in [2.24, 2.45) is 5.92 Å². The molecule has 0 aliphatic rings. The third-order valence-electron chi connectivity index (χ3n) is 5.69. The van der Waals surface area contributed by atoms with Gasteiger partial charge in [-0.2, -0.15) is 0 Å². The molecule has 2 aromatic heterocycles. The van der Waals surface area contributed by atoms with E-state index in [0.29, 0.717) is 5.91 Å². The van der Waals surface area contributed by atoms with Crippen molar-refractivity contribution in [3.05, 3.63) is 57.9 Å². The number of fused-ring (bicyclic) bond motifs is 1.